The van der Waals surface area contributed by atoms with Gasteiger partial charge in [-0.15, -0.1) is 10.2 Å². The Labute approximate surface area is 95.8 Å². The molecule has 0 aromatic carbocycles. The third-order valence-corrected chi connectivity index (χ3v) is 3.87. The summed E-state index contributed by atoms with van der Waals surface area (Å²) >= 11 is 2.90. The Bertz CT molecular complexity index is 312. The van der Waals surface area contributed by atoms with Crippen molar-refractivity contribution >= 4 is 29.0 Å². The van der Waals surface area contributed by atoms with Gasteiger partial charge in [-0.1, -0.05) is 23.1 Å². The fourth-order valence-corrected chi connectivity index (χ4v) is 2.64. The maximum Gasteiger partial charge on any atom is 0.233 e. The summed E-state index contributed by atoms with van der Waals surface area (Å²) in [5, 5.41) is 7.58. The zero-order valence-electron chi connectivity index (χ0n) is 8.09. The third-order valence-electron chi connectivity index (χ3n) is 2.02. The Kier molecular flexibility index (Phi) is 3.93. The van der Waals surface area contributed by atoms with Gasteiger partial charge in [-0.05, 0) is 0 Å². The minimum atomic E-state index is 0.151. The molecule has 1 aromatic rings. The summed E-state index contributed by atoms with van der Waals surface area (Å²) in [5.74, 6) is 0.591. The summed E-state index contributed by atoms with van der Waals surface area (Å²) in [6.07, 6.45) is 0. The predicted octanol–water partition coefficient (Wildman–Crippen LogP) is 0.489. The van der Waals surface area contributed by atoms with Gasteiger partial charge in [0.05, 0.1) is 19.0 Å². The van der Waals surface area contributed by atoms with Crippen molar-refractivity contribution < 1.29 is 9.53 Å². The van der Waals surface area contributed by atoms with E-state index in [4.69, 9.17) is 4.74 Å². The van der Waals surface area contributed by atoms with E-state index in [2.05, 4.69) is 10.2 Å². The molecule has 1 saturated heterocycles. The van der Waals surface area contributed by atoms with Crippen LogP contribution in [0.4, 0.5) is 0 Å². The van der Waals surface area contributed by atoms with Crippen molar-refractivity contribution in [3.05, 3.63) is 5.51 Å². The van der Waals surface area contributed by atoms with Crippen LogP contribution in [0.2, 0.25) is 0 Å². The molecule has 1 aliphatic heterocycles. The predicted molar refractivity (Wildman–Crippen MR) is 58.0 cm³/mol. The van der Waals surface area contributed by atoms with E-state index in [1.807, 2.05) is 4.90 Å². The molecule has 1 aliphatic rings. The molecule has 0 saturated carbocycles. The summed E-state index contributed by atoms with van der Waals surface area (Å²) < 4.78 is 6.02. The van der Waals surface area contributed by atoms with Gasteiger partial charge in [0.25, 0.3) is 0 Å². The summed E-state index contributed by atoms with van der Waals surface area (Å²) in [6, 6.07) is 0. The van der Waals surface area contributed by atoms with E-state index in [0.717, 1.165) is 4.34 Å². The maximum absolute atomic E-state index is 11.7. The number of rotatable bonds is 3. The highest BCUT2D eigenvalue weighted by Gasteiger charge is 2.17. The number of carbonyl (C=O) groups is 1. The molecule has 0 unspecified atom stereocenters. The van der Waals surface area contributed by atoms with Gasteiger partial charge >= 0.3 is 0 Å². The maximum atomic E-state index is 11.7. The normalized spacial score (nSPS) is 16.7. The number of hydrogen-bond acceptors (Lipinski definition) is 6. The number of nitrogens with zero attached hydrogens (tertiary/aromatic N) is 3. The lowest BCUT2D eigenvalue weighted by molar-refractivity contribution is -0.132. The molecule has 15 heavy (non-hydrogen) atoms. The van der Waals surface area contributed by atoms with Gasteiger partial charge in [0.1, 0.15) is 5.51 Å². The quantitative estimate of drug-likeness (QED) is 0.725. The lowest BCUT2D eigenvalue weighted by atomic mass is 10.4. The Balaban J connectivity index is 1.76. The van der Waals surface area contributed by atoms with Gasteiger partial charge in [-0.2, -0.15) is 0 Å². The topological polar surface area (TPSA) is 55.3 Å². The van der Waals surface area contributed by atoms with E-state index in [1.165, 1.54) is 23.1 Å². The molecule has 0 aliphatic carbocycles. The zero-order chi connectivity index (χ0) is 10.5. The van der Waals surface area contributed by atoms with Gasteiger partial charge in [0.15, 0.2) is 4.34 Å². The minimum absolute atomic E-state index is 0.151. The first-order valence-electron chi connectivity index (χ1n) is 4.61. The third kappa shape index (κ3) is 3.15. The van der Waals surface area contributed by atoms with Crippen LogP contribution in [-0.2, 0) is 9.53 Å². The second kappa shape index (κ2) is 5.43. The van der Waals surface area contributed by atoms with Gasteiger partial charge in [0, 0.05) is 13.1 Å². The van der Waals surface area contributed by atoms with Crippen molar-refractivity contribution in [2.24, 2.45) is 0 Å². The molecular formula is C8H11N3O2S2. The molecule has 0 N–H and O–H groups in total. The van der Waals surface area contributed by atoms with E-state index in [0.29, 0.717) is 32.1 Å². The van der Waals surface area contributed by atoms with Crippen LogP contribution in [0.15, 0.2) is 9.85 Å². The first kappa shape index (κ1) is 10.8. The van der Waals surface area contributed by atoms with Crippen LogP contribution in [0, 0.1) is 0 Å². The monoisotopic (exact) mass is 245 g/mol. The molecule has 1 fully saturated rings. The summed E-state index contributed by atoms with van der Waals surface area (Å²) in [6.45, 7) is 2.70. The van der Waals surface area contributed by atoms with Crippen LogP contribution in [0.5, 0.6) is 0 Å². The number of ether oxygens (including phenoxy) is 1. The van der Waals surface area contributed by atoms with Crippen LogP contribution in [0.3, 0.4) is 0 Å². The highest BCUT2D eigenvalue weighted by atomic mass is 32.2. The largest absolute Gasteiger partial charge is 0.378 e. The molecule has 1 aromatic heterocycles. The van der Waals surface area contributed by atoms with E-state index in [9.17, 15) is 4.79 Å². The van der Waals surface area contributed by atoms with Crippen LogP contribution < -0.4 is 0 Å². The second-order valence-corrected chi connectivity index (χ2v) is 5.04. The highest BCUT2D eigenvalue weighted by molar-refractivity contribution is 8.01. The number of hydrogen-bond donors (Lipinski definition) is 0. The van der Waals surface area contributed by atoms with Crippen LogP contribution in [0.1, 0.15) is 0 Å². The van der Waals surface area contributed by atoms with Crippen molar-refractivity contribution in [2.45, 2.75) is 4.34 Å². The lowest BCUT2D eigenvalue weighted by Gasteiger charge is -2.26. The lowest BCUT2D eigenvalue weighted by Crippen LogP contribution is -2.41. The number of aromatic nitrogens is 2. The molecule has 0 atom stereocenters. The molecule has 7 heteroatoms. The van der Waals surface area contributed by atoms with Crippen molar-refractivity contribution in [3.63, 3.8) is 0 Å². The van der Waals surface area contributed by atoms with Crippen molar-refractivity contribution in [1.29, 1.82) is 0 Å². The van der Waals surface area contributed by atoms with Crippen molar-refractivity contribution in [2.75, 3.05) is 32.1 Å². The first-order chi connectivity index (χ1) is 7.36. The van der Waals surface area contributed by atoms with Gasteiger partial charge < -0.3 is 9.64 Å². The van der Waals surface area contributed by atoms with Gasteiger partial charge in [0.2, 0.25) is 5.91 Å². The standard InChI is InChI=1S/C8H11N3O2S2/c12-7(11-1-3-13-4-2-11)5-14-8-10-9-6-15-8/h6H,1-5H2. The zero-order valence-corrected chi connectivity index (χ0v) is 9.72. The number of thioether (sulfide) groups is 1. The number of carbonyl (C=O) groups excluding carboxylic acids is 1. The average molecular weight is 245 g/mol. The second-order valence-electron chi connectivity index (χ2n) is 2.99. The number of morpholine rings is 1. The van der Waals surface area contributed by atoms with Crippen LogP contribution in [-0.4, -0.2) is 53.1 Å². The first-order valence-corrected chi connectivity index (χ1v) is 6.47. The molecule has 1 amide bonds. The number of amides is 1. The smallest absolute Gasteiger partial charge is 0.233 e. The SMILES string of the molecule is O=C(CSc1nncs1)N1CCOCC1. The fraction of sp³-hybridized carbons (Fsp3) is 0.625. The van der Waals surface area contributed by atoms with E-state index in [1.54, 1.807) is 5.51 Å². The average Bonchev–Trinajstić information content (AvgIpc) is 2.80. The molecule has 2 heterocycles. The Morgan fingerprint density at radius 3 is 3.07 bits per heavy atom. The summed E-state index contributed by atoms with van der Waals surface area (Å²) in [5.41, 5.74) is 1.67. The van der Waals surface area contributed by atoms with Crippen LogP contribution >= 0.6 is 23.1 Å². The molecule has 0 bridgehead atoms. The van der Waals surface area contributed by atoms with E-state index < -0.39 is 0 Å². The molecule has 82 valence electrons. The van der Waals surface area contributed by atoms with E-state index >= 15 is 0 Å². The molecule has 0 spiro atoms. The Morgan fingerprint density at radius 2 is 2.40 bits per heavy atom. The van der Waals surface area contributed by atoms with Crippen LogP contribution in [0.25, 0.3) is 0 Å². The molecule has 0 radical (unpaired) electrons. The Hall–Kier alpha value is -0.660. The summed E-state index contributed by atoms with van der Waals surface area (Å²) in [7, 11) is 0. The fourth-order valence-electron chi connectivity index (χ4n) is 1.25. The van der Waals surface area contributed by atoms with Crippen molar-refractivity contribution in [1.82, 2.24) is 15.1 Å². The van der Waals surface area contributed by atoms with E-state index in [-0.39, 0.29) is 5.91 Å². The molecule has 2 rings (SSSR count). The minimum Gasteiger partial charge on any atom is -0.378 e. The Morgan fingerprint density at radius 1 is 1.60 bits per heavy atom. The highest BCUT2D eigenvalue weighted by Crippen LogP contribution is 2.19. The summed E-state index contributed by atoms with van der Waals surface area (Å²) in [4.78, 5) is 13.5. The van der Waals surface area contributed by atoms with Gasteiger partial charge in [-0.3, -0.25) is 4.79 Å². The molecule has 5 nitrogen and oxygen atoms in total. The molecular weight excluding hydrogens is 234 g/mol. The van der Waals surface area contributed by atoms with Crippen molar-refractivity contribution in [3.8, 4) is 0 Å². The van der Waals surface area contributed by atoms with Gasteiger partial charge in [-0.25, -0.2) is 0 Å².